The largest absolute Gasteiger partial charge is 1.00 e. The Balaban J connectivity index is 0. The summed E-state index contributed by atoms with van der Waals surface area (Å²) >= 11 is 0. The number of hydrogen-bond donors (Lipinski definition) is 3. The van der Waals surface area contributed by atoms with Crippen LogP contribution in [0.25, 0.3) is 0 Å². The summed E-state index contributed by atoms with van der Waals surface area (Å²) < 4.78 is 0. The molecule has 18 heavy (non-hydrogen) atoms. The maximum Gasteiger partial charge on any atom is 1.00 e. The smallest absolute Gasteiger partial charge is 0.548 e. The molecule has 0 amide bonds. The molecule has 0 saturated heterocycles. The maximum absolute atomic E-state index is 10.4. The molecule has 6 heteroatoms. The van der Waals surface area contributed by atoms with Gasteiger partial charge in [-0.2, -0.15) is 0 Å². The SMILES string of the molecule is CCC/C=C/C(O)CNCCNC(C)C(=O)[O-].[Na+]. The van der Waals surface area contributed by atoms with Crippen LogP contribution >= 0.6 is 0 Å². The molecule has 0 radical (unpaired) electrons. The van der Waals surface area contributed by atoms with E-state index in [1.54, 1.807) is 6.08 Å². The molecule has 0 spiro atoms. The van der Waals surface area contributed by atoms with Crippen LogP contribution in [0.2, 0.25) is 0 Å². The minimum atomic E-state index is -1.10. The number of rotatable bonds is 10. The van der Waals surface area contributed by atoms with Crippen molar-refractivity contribution in [3.63, 3.8) is 0 Å². The number of aliphatic hydroxyl groups excluding tert-OH is 1. The fraction of sp³-hybridized carbons (Fsp3) is 0.750. The second-order valence-electron chi connectivity index (χ2n) is 3.98. The van der Waals surface area contributed by atoms with Crippen LogP contribution in [0, 0.1) is 0 Å². The molecule has 0 rings (SSSR count). The normalized spacial score (nSPS) is 14.2. The minimum Gasteiger partial charge on any atom is -0.548 e. The summed E-state index contributed by atoms with van der Waals surface area (Å²) in [5.74, 6) is -1.10. The summed E-state index contributed by atoms with van der Waals surface area (Å²) in [6, 6.07) is -0.647. The average molecular weight is 266 g/mol. The summed E-state index contributed by atoms with van der Waals surface area (Å²) in [6.45, 7) is 5.23. The van der Waals surface area contributed by atoms with E-state index in [4.69, 9.17) is 0 Å². The molecule has 100 valence electrons. The summed E-state index contributed by atoms with van der Waals surface area (Å²) in [4.78, 5) is 10.4. The Labute approximate surface area is 131 Å². The van der Waals surface area contributed by atoms with Gasteiger partial charge < -0.3 is 25.6 Å². The third kappa shape index (κ3) is 12.5. The molecule has 0 aromatic rings. The molecule has 5 nitrogen and oxygen atoms in total. The Kier molecular flexibility index (Phi) is 15.3. The van der Waals surface area contributed by atoms with Gasteiger partial charge in [-0.15, -0.1) is 0 Å². The van der Waals surface area contributed by atoms with Gasteiger partial charge in [-0.25, -0.2) is 0 Å². The van der Waals surface area contributed by atoms with Gasteiger partial charge in [0.1, 0.15) is 0 Å². The van der Waals surface area contributed by atoms with Gasteiger partial charge >= 0.3 is 29.6 Å². The second kappa shape index (κ2) is 13.5. The first kappa shape index (κ1) is 20.4. The van der Waals surface area contributed by atoms with E-state index in [2.05, 4.69) is 17.6 Å². The van der Waals surface area contributed by atoms with E-state index in [1.165, 1.54) is 6.92 Å². The Bertz CT molecular complexity index is 237. The summed E-state index contributed by atoms with van der Waals surface area (Å²) in [6.07, 6.45) is 5.29. The van der Waals surface area contributed by atoms with Crippen LogP contribution in [0.1, 0.15) is 26.7 Å². The van der Waals surface area contributed by atoms with Crippen LogP contribution in [-0.2, 0) is 4.79 Å². The molecule has 0 aromatic heterocycles. The van der Waals surface area contributed by atoms with Gasteiger partial charge in [0.05, 0.1) is 12.1 Å². The van der Waals surface area contributed by atoms with Crippen molar-refractivity contribution < 1.29 is 44.6 Å². The van der Waals surface area contributed by atoms with Crippen molar-refractivity contribution >= 4 is 5.97 Å². The molecular weight excluding hydrogens is 243 g/mol. The van der Waals surface area contributed by atoms with Gasteiger partial charge in [0.15, 0.2) is 0 Å². The van der Waals surface area contributed by atoms with Gasteiger partial charge in [0, 0.05) is 25.7 Å². The van der Waals surface area contributed by atoms with Gasteiger partial charge in [0.2, 0.25) is 0 Å². The molecule has 0 aliphatic heterocycles. The summed E-state index contributed by atoms with van der Waals surface area (Å²) in [5.41, 5.74) is 0. The third-order valence-electron chi connectivity index (χ3n) is 2.27. The van der Waals surface area contributed by atoms with Crippen molar-refractivity contribution in [1.29, 1.82) is 0 Å². The predicted octanol–water partition coefficient (Wildman–Crippen LogP) is -3.97. The van der Waals surface area contributed by atoms with Gasteiger partial charge in [-0.05, 0) is 13.3 Å². The van der Waals surface area contributed by atoms with E-state index in [9.17, 15) is 15.0 Å². The van der Waals surface area contributed by atoms with Gasteiger partial charge in [-0.3, -0.25) is 0 Å². The summed E-state index contributed by atoms with van der Waals surface area (Å²) in [7, 11) is 0. The number of carbonyl (C=O) groups excluding carboxylic acids is 1. The molecule has 2 atom stereocenters. The number of hydrogen-bond acceptors (Lipinski definition) is 5. The van der Waals surface area contributed by atoms with Crippen molar-refractivity contribution in [1.82, 2.24) is 10.6 Å². The van der Waals surface area contributed by atoms with E-state index >= 15 is 0 Å². The molecule has 0 bridgehead atoms. The fourth-order valence-corrected chi connectivity index (χ4v) is 1.20. The van der Waals surface area contributed by atoms with Crippen LogP contribution in [0.15, 0.2) is 12.2 Å². The minimum absolute atomic E-state index is 0. The second-order valence-corrected chi connectivity index (χ2v) is 3.98. The first-order chi connectivity index (χ1) is 8.07. The number of aliphatic hydroxyl groups is 1. The standard InChI is InChI=1S/C12H24N2O3.Na/c1-3-4-5-6-11(15)9-13-7-8-14-10(2)12(16)17;/h5-6,10-11,13-15H,3-4,7-9H2,1-2H3,(H,16,17);/q;+1/p-1/b6-5+;. The zero-order valence-electron chi connectivity index (χ0n) is 11.6. The Hall–Kier alpha value is 0.0900. The third-order valence-corrected chi connectivity index (χ3v) is 2.27. The van der Waals surface area contributed by atoms with E-state index in [0.717, 1.165) is 12.8 Å². The zero-order valence-corrected chi connectivity index (χ0v) is 13.6. The molecule has 0 heterocycles. The van der Waals surface area contributed by atoms with Crippen molar-refractivity contribution in [3.8, 4) is 0 Å². The molecule has 0 fully saturated rings. The molecular formula is C12H23N2NaO3. The Morgan fingerprint density at radius 1 is 1.44 bits per heavy atom. The van der Waals surface area contributed by atoms with E-state index < -0.39 is 18.1 Å². The van der Waals surface area contributed by atoms with Gasteiger partial charge in [-0.1, -0.05) is 25.5 Å². The number of nitrogens with one attached hydrogen (secondary N) is 2. The fourth-order valence-electron chi connectivity index (χ4n) is 1.20. The number of carboxylic acid groups (broad SMARTS) is 1. The molecule has 0 aliphatic carbocycles. The van der Waals surface area contributed by atoms with Gasteiger partial charge in [0.25, 0.3) is 0 Å². The van der Waals surface area contributed by atoms with Crippen LogP contribution in [0.5, 0.6) is 0 Å². The summed E-state index contributed by atoms with van der Waals surface area (Å²) in [5, 5.41) is 25.7. The molecule has 0 aromatic carbocycles. The van der Waals surface area contributed by atoms with Crippen LogP contribution < -0.4 is 45.3 Å². The van der Waals surface area contributed by atoms with E-state index in [1.807, 2.05) is 6.08 Å². The van der Waals surface area contributed by atoms with Crippen LogP contribution in [0.4, 0.5) is 0 Å². The zero-order chi connectivity index (χ0) is 13.1. The predicted molar refractivity (Wildman–Crippen MR) is 65.4 cm³/mol. The number of aliphatic carboxylic acids is 1. The molecule has 2 unspecified atom stereocenters. The van der Waals surface area contributed by atoms with Crippen molar-refractivity contribution in [2.75, 3.05) is 19.6 Å². The van der Waals surface area contributed by atoms with Crippen molar-refractivity contribution in [3.05, 3.63) is 12.2 Å². The first-order valence-corrected chi connectivity index (χ1v) is 6.07. The monoisotopic (exact) mass is 266 g/mol. The van der Waals surface area contributed by atoms with E-state index in [-0.39, 0.29) is 29.6 Å². The number of carboxylic acids is 1. The first-order valence-electron chi connectivity index (χ1n) is 6.07. The number of unbranched alkanes of at least 4 members (excludes halogenated alkanes) is 1. The maximum atomic E-state index is 10.4. The van der Waals surface area contributed by atoms with Crippen LogP contribution in [-0.4, -0.2) is 42.9 Å². The number of allylic oxidation sites excluding steroid dienone is 1. The number of carbonyl (C=O) groups is 1. The quantitative estimate of drug-likeness (QED) is 0.213. The molecule has 0 saturated carbocycles. The average Bonchev–Trinajstić information content (AvgIpc) is 2.28. The topological polar surface area (TPSA) is 84.4 Å². The molecule has 3 N–H and O–H groups in total. The Morgan fingerprint density at radius 2 is 2.11 bits per heavy atom. The Morgan fingerprint density at radius 3 is 2.67 bits per heavy atom. The molecule has 0 aliphatic rings. The van der Waals surface area contributed by atoms with E-state index in [0.29, 0.717) is 19.6 Å². The van der Waals surface area contributed by atoms with Crippen molar-refractivity contribution in [2.45, 2.75) is 38.8 Å². The van der Waals surface area contributed by atoms with Crippen molar-refractivity contribution in [2.24, 2.45) is 0 Å². The van der Waals surface area contributed by atoms with Crippen LogP contribution in [0.3, 0.4) is 0 Å².